The van der Waals surface area contributed by atoms with Gasteiger partial charge in [0.05, 0.1) is 0 Å². The van der Waals surface area contributed by atoms with E-state index in [1.807, 2.05) is 0 Å². The SMILES string of the molecule is CC1=Cc2c(cc(C)cc2-c2ccc(C34CC5CC(CC(C5)C3)C4)cc2)C1. The van der Waals surface area contributed by atoms with Gasteiger partial charge in [0.1, 0.15) is 0 Å². The number of benzene rings is 2. The minimum Gasteiger partial charge on any atom is -0.0683 e. The number of fused-ring (bicyclic) bond motifs is 1. The molecule has 27 heavy (non-hydrogen) atoms. The summed E-state index contributed by atoms with van der Waals surface area (Å²) < 4.78 is 0. The maximum absolute atomic E-state index is 2.49. The normalized spacial score (nSPS) is 33.3. The highest BCUT2D eigenvalue weighted by Gasteiger charge is 2.51. The van der Waals surface area contributed by atoms with Gasteiger partial charge in [0.2, 0.25) is 0 Å². The number of hydrogen-bond acceptors (Lipinski definition) is 0. The van der Waals surface area contributed by atoms with E-state index in [0.717, 1.165) is 24.2 Å². The van der Waals surface area contributed by atoms with Crippen LogP contribution >= 0.6 is 0 Å². The Morgan fingerprint density at radius 2 is 1.44 bits per heavy atom. The van der Waals surface area contributed by atoms with Gasteiger partial charge in [-0.25, -0.2) is 0 Å². The zero-order valence-corrected chi connectivity index (χ0v) is 16.7. The third-order valence-corrected chi connectivity index (χ3v) is 8.12. The maximum Gasteiger partial charge on any atom is -0.00391 e. The van der Waals surface area contributed by atoms with Crippen LogP contribution < -0.4 is 0 Å². The highest BCUT2D eigenvalue weighted by atomic mass is 14.6. The second kappa shape index (κ2) is 5.60. The van der Waals surface area contributed by atoms with Crippen molar-refractivity contribution < 1.29 is 0 Å². The second-order valence-electron chi connectivity index (χ2n) is 10.3. The summed E-state index contributed by atoms with van der Waals surface area (Å²) in [6.45, 7) is 4.50. The molecule has 0 aliphatic heterocycles. The first-order chi connectivity index (χ1) is 13.1. The molecule has 0 nitrogen and oxygen atoms in total. The molecule has 0 saturated heterocycles. The van der Waals surface area contributed by atoms with Crippen molar-refractivity contribution in [1.29, 1.82) is 0 Å². The highest BCUT2D eigenvalue weighted by molar-refractivity contribution is 5.81. The van der Waals surface area contributed by atoms with Gasteiger partial charge in [0, 0.05) is 0 Å². The molecule has 0 radical (unpaired) electrons. The number of rotatable bonds is 2. The third-order valence-electron chi connectivity index (χ3n) is 8.12. The molecule has 2 aromatic rings. The third kappa shape index (κ3) is 2.49. The molecule has 138 valence electrons. The minimum absolute atomic E-state index is 0.512. The molecule has 0 spiro atoms. The molecule has 0 aromatic heterocycles. The Hall–Kier alpha value is -1.82. The fourth-order valence-corrected chi connectivity index (χ4v) is 7.49. The van der Waals surface area contributed by atoms with Crippen molar-refractivity contribution in [1.82, 2.24) is 0 Å². The Labute approximate surface area is 163 Å². The van der Waals surface area contributed by atoms with Crippen molar-refractivity contribution >= 4 is 6.08 Å². The largest absolute Gasteiger partial charge is 0.0683 e. The smallest absolute Gasteiger partial charge is 0.00391 e. The first-order valence-electron chi connectivity index (χ1n) is 11.0. The van der Waals surface area contributed by atoms with Crippen molar-refractivity contribution in [2.24, 2.45) is 17.8 Å². The molecule has 0 atom stereocenters. The minimum atomic E-state index is 0.512. The summed E-state index contributed by atoms with van der Waals surface area (Å²) in [5.74, 6) is 3.05. The summed E-state index contributed by atoms with van der Waals surface area (Å²) in [5.41, 5.74) is 10.8. The highest BCUT2D eigenvalue weighted by Crippen LogP contribution is 2.60. The number of aryl methyl sites for hydroxylation is 1. The van der Waals surface area contributed by atoms with E-state index in [-0.39, 0.29) is 0 Å². The van der Waals surface area contributed by atoms with Crippen molar-refractivity contribution in [3.8, 4) is 11.1 Å². The molecule has 4 fully saturated rings. The average molecular weight is 355 g/mol. The summed E-state index contributed by atoms with van der Waals surface area (Å²) in [6.07, 6.45) is 12.5. The van der Waals surface area contributed by atoms with E-state index in [0.29, 0.717) is 5.41 Å². The zero-order valence-electron chi connectivity index (χ0n) is 16.7. The van der Waals surface area contributed by atoms with Crippen LogP contribution in [0.15, 0.2) is 42.0 Å². The predicted molar refractivity (Wildman–Crippen MR) is 114 cm³/mol. The van der Waals surface area contributed by atoms with Gasteiger partial charge in [-0.3, -0.25) is 0 Å². The Morgan fingerprint density at radius 3 is 2.07 bits per heavy atom. The molecule has 4 bridgehead atoms. The van der Waals surface area contributed by atoms with Gasteiger partial charge in [0.25, 0.3) is 0 Å². The van der Waals surface area contributed by atoms with Gasteiger partial charge in [-0.2, -0.15) is 0 Å². The van der Waals surface area contributed by atoms with Crippen LogP contribution in [0.3, 0.4) is 0 Å². The molecule has 2 aromatic carbocycles. The van der Waals surface area contributed by atoms with Crippen LogP contribution in [0.5, 0.6) is 0 Å². The zero-order chi connectivity index (χ0) is 18.2. The van der Waals surface area contributed by atoms with Crippen molar-refractivity contribution in [3.05, 3.63) is 64.2 Å². The maximum atomic E-state index is 2.49. The van der Waals surface area contributed by atoms with Crippen molar-refractivity contribution in [2.75, 3.05) is 0 Å². The molecule has 0 unspecified atom stereocenters. The van der Waals surface area contributed by atoms with E-state index in [2.05, 4.69) is 56.3 Å². The van der Waals surface area contributed by atoms with Crippen LogP contribution in [0, 0.1) is 24.7 Å². The van der Waals surface area contributed by atoms with E-state index in [1.165, 1.54) is 71.9 Å². The predicted octanol–water partition coefficient (Wildman–Crippen LogP) is 7.09. The topological polar surface area (TPSA) is 0 Å². The second-order valence-corrected chi connectivity index (χ2v) is 10.3. The molecule has 5 aliphatic rings. The molecule has 0 amide bonds. The fourth-order valence-electron chi connectivity index (χ4n) is 7.49. The van der Waals surface area contributed by atoms with Crippen LogP contribution in [-0.4, -0.2) is 0 Å². The lowest BCUT2D eigenvalue weighted by Gasteiger charge is -2.57. The van der Waals surface area contributed by atoms with Crippen LogP contribution in [0.4, 0.5) is 0 Å². The van der Waals surface area contributed by atoms with Gasteiger partial charge in [0.15, 0.2) is 0 Å². The van der Waals surface area contributed by atoms with Gasteiger partial charge in [-0.1, -0.05) is 53.6 Å². The van der Waals surface area contributed by atoms with Crippen molar-refractivity contribution in [2.45, 2.75) is 64.2 Å². The van der Waals surface area contributed by atoms with Gasteiger partial charge in [-0.15, -0.1) is 0 Å². The average Bonchev–Trinajstić information content (AvgIpc) is 3.00. The molecule has 4 saturated carbocycles. The first kappa shape index (κ1) is 16.2. The lowest BCUT2D eigenvalue weighted by molar-refractivity contribution is -0.00518. The molecule has 0 heteroatoms. The molecule has 5 aliphatic carbocycles. The Balaban J connectivity index is 1.38. The summed E-state index contributed by atoms with van der Waals surface area (Å²) in [5, 5.41) is 0. The molecular formula is C27H30. The van der Waals surface area contributed by atoms with Gasteiger partial charge < -0.3 is 0 Å². The summed E-state index contributed by atoms with van der Waals surface area (Å²) in [6, 6.07) is 14.6. The molecule has 0 heterocycles. The quantitative estimate of drug-likeness (QED) is 0.540. The van der Waals surface area contributed by atoms with Crippen LogP contribution in [0.25, 0.3) is 17.2 Å². The summed E-state index contributed by atoms with van der Waals surface area (Å²) >= 11 is 0. The summed E-state index contributed by atoms with van der Waals surface area (Å²) in [4.78, 5) is 0. The van der Waals surface area contributed by atoms with E-state index in [4.69, 9.17) is 0 Å². The molecule has 7 rings (SSSR count). The van der Waals surface area contributed by atoms with Gasteiger partial charge >= 0.3 is 0 Å². The molecular weight excluding hydrogens is 324 g/mol. The van der Waals surface area contributed by atoms with Crippen LogP contribution in [0.2, 0.25) is 0 Å². The lowest BCUT2D eigenvalue weighted by Crippen LogP contribution is -2.48. The number of allylic oxidation sites excluding steroid dienone is 1. The van der Waals surface area contributed by atoms with E-state index >= 15 is 0 Å². The van der Waals surface area contributed by atoms with E-state index < -0.39 is 0 Å². The number of hydrogen-bond donors (Lipinski definition) is 0. The van der Waals surface area contributed by atoms with E-state index in [9.17, 15) is 0 Å². The lowest BCUT2D eigenvalue weighted by atomic mass is 9.48. The Morgan fingerprint density at radius 1 is 0.815 bits per heavy atom. The first-order valence-corrected chi connectivity index (χ1v) is 11.0. The van der Waals surface area contributed by atoms with Gasteiger partial charge in [-0.05, 0) is 110 Å². The Bertz CT molecular complexity index is 905. The monoisotopic (exact) mass is 354 g/mol. The van der Waals surface area contributed by atoms with E-state index in [1.54, 1.807) is 5.56 Å². The fraction of sp³-hybridized carbons (Fsp3) is 0.481. The summed E-state index contributed by atoms with van der Waals surface area (Å²) in [7, 11) is 0. The van der Waals surface area contributed by atoms with Crippen molar-refractivity contribution in [3.63, 3.8) is 0 Å². The standard InChI is InChI=1S/C27H30/c1-17-7-23-8-18(2)10-26(23)25(9-17)22-3-5-24(6-4-22)27-14-19-11-20(15-27)13-21(12-19)16-27/h3-7,9-10,19-21H,8,11-16H2,1-2H3. The molecule has 0 N–H and O–H groups in total. The Kier molecular flexibility index (Phi) is 3.35. The van der Waals surface area contributed by atoms with Crippen LogP contribution in [0.1, 0.15) is 67.7 Å². The van der Waals surface area contributed by atoms with Crippen LogP contribution in [-0.2, 0) is 11.8 Å².